The van der Waals surface area contributed by atoms with Gasteiger partial charge in [-0.2, -0.15) is 0 Å². The number of halogens is 1. The number of amides is 1. The molecular weight excluding hydrogens is 366 g/mol. The van der Waals surface area contributed by atoms with Gasteiger partial charge in [0.05, 0.1) is 19.0 Å². The molecule has 0 N–H and O–H groups in total. The van der Waals surface area contributed by atoms with Crippen LogP contribution in [-0.4, -0.2) is 60.8 Å². The predicted molar refractivity (Wildman–Crippen MR) is 91.4 cm³/mol. The quantitative estimate of drug-likeness (QED) is 0.786. The fourth-order valence-electron chi connectivity index (χ4n) is 3.12. The Morgan fingerprint density at radius 3 is 2.48 bits per heavy atom. The van der Waals surface area contributed by atoms with Gasteiger partial charge in [0.1, 0.15) is 11.4 Å². The molecule has 1 saturated heterocycles. The molecule has 0 atom stereocenters. The highest BCUT2D eigenvalue weighted by Crippen LogP contribution is 2.31. The standard InChI is InChI=1S/C16H16ClN3O4S/c17-12-3-1-11(2-4-12)13-14(15(21)19-5-8-24-9-6-19)20-7-10-25(22,23)16(20)18-13/h1-4H,5-10H2. The number of hydrogen-bond donors (Lipinski definition) is 0. The number of morpholine rings is 1. The number of ether oxygens (including phenoxy) is 1. The minimum Gasteiger partial charge on any atom is -0.378 e. The lowest BCUT2D eigenvalue weighted by atomic mass is 10.1. The first-order chi connectivity index (χ1) is 12.0. The fraction of sp³-hybridized carbons (Fsp3) is 0.375. The molecule has 3 heterocycles. The van der Waals surface area contributed by atoms with Crippen molar-refractivity contribution in [2.24, 2.45) is 0 Å². The normalized spacial score (nSPS) is 19.0. The van der Waals surface area contributed by atoms with E-state index in [4.69, 9.17) is 16.3 Å². The van der Waals surface area contributed by atoms with E-state index in [0.29, 0.717) is 48.3 Å². The third kappa shape index (κ3) is 2.84. The lowest BCUT2D eigenvalue weighted by Gasteiger charge is -2.27. The maximum Gasteiger partial charge on any atom is 0.272 e. The molecule has 0 unspecified atom stereocenters. The number of imidazole rings is 1. The van der Waals surface area contributed by atoms with Gasteiger partial charge < -0.3 is 14.2 Å². The van der Waals surface area contributed by atoms with Crippen LogP contribution in [0.4, 0.5) is 0 Å². The number of aromatic nitrogens is 2. The van der Waals surface area contributed by atoms with Crippen LogP contribution in [0.15, 0.2) is 29.4 Å². The van der Waals surface area contributed by atoms with Crippen molar-refractivity contribution in [3.63, 3.8) is 0 Å². The number of carbonyl (C=O) groups excluding carboxylic acids is 1. The van der Waals surface area contributed by atoms with E-state index in [-0.39, 0.29) is 23.4 Å². The Balaban J connectivity index is 1.86. The lowest BCUT2D eigenvalue weighted by Crippen LogP contribution is -2.41. The smallest absolute Gasteiger partial charge is 0.272 e. The summed E-state index contributed by atoms with van der Waals surface area (Å²) in [5.74, 6) is -0.247. The monoisotopic (exact) mass is 381 g/mol. The van der Waals surface area contributed by atoms with Crippen LogP contribution in [0, 0.1) is 0 Å². The molecule has 2 aliphatic heterocycles. The van der Waals surface area contributed by atoms with Gasteiger partial charge in [0.25, 0.3) is 5.91 Å². The van der Waals surface area contributed by atoms with E-state index in [1.54, 1.807) is 29.2 Å². The molecule has 1 fully saturated rings. The summed E-state index contributed by atoms with van der Waals surface area (Å²) in [6.07, 6.45) is 0. The highest BCUT2D eigenvalue weighted by molar-refractivity contribution is 7.91. The zero-order valence-electron chi connectivity index (χ0n) is 13.3. The molecule has 2 aromatic rings. The van der Waals surface area contributed by atoms with Gasteiger partial charge in [-0.3, -0.25) is 4.79 Å². The van der Waals surface area contributed by atoms with Gasteiger partial charge in [0, 0.05) is 30.2 Å². The molecule has 0 radical (unpaired) electrons. The van der Waals surface area contributed by atoms with E-state index < -0.39 is 9.84 Å². The predicted octanol–water partition coefficient (Wildman–Crippen LogP) is 1.46. The largest absolute Gasteiger partial charge is 0.378 e. The van der Waals surface area contributed by atoms with Crippen molar-refractivity contribution in [1.82, 2.24) is 14.5 Å². The highest BCUT2D eigenvalue weighted by Gasteiger charge is 2.37. The zero-order chi connectivity index (χ0) is 17.6. The average molecular weight is 382 g/mol. The topological polar surface area (TPSA) is 81.5 Å². The van der Waals surface area contributed by atoms with Crippen molar-refractivity contribution in [3.8, 4) is 11.3 Å². The Hall–Kier alpha value is -1.90. The SMILES string of the molecule is O=C(c1c(-c2ccc(Cl)cc2)nc2n1CCS2(=O)=O)N1CCOCC1. The first-order valence-corrected chi connectivity index (χ1v) is 9.96. The number of rotatable bonds is 2. The average Bonchev–Trinajstić information content (AvgIpc) is 3.14. The van der Waals surface area contributed by atoms with Crippen LogP contribution in [0.2, 0.25) is 5.02 Å². The molecule has 1 aromatic carbocycles. The molecule has 0 spiro atoms. The Bertz CT molecular complexity index is 931. The van der Waals surface area contributed by atoms with Gasteiger partial charge in [-0.1, -0.05) is 23.7 Å². The molecular formula is C16H16ClN3O4S. The first-order valence-electron chi connectivity index (χ1n) is 7.93. The molecule has 0 saturated carbocycles. The molecule has 2 aliphatic rings. The van der Waals surface area contributed by atoms with Crippen molar-refractivity contribution in [1.29, 1.82) is 0 Å². The number of sulfone groups is 1. The van der Waals surface area contributed by atoms with Crippen LogP contribution in [0.1, 0.15) is 10.5 Å². The van der Waals surface area contributed by atoms with E-state index >= 15 is 0 Å². The van der Waals surface area contributed by atoms with Gasteiger partial charge in [-0.15, -0.1) is 0 Å². The number of carbonyl (C=O) groups is 1. The van der Waals surface area contributed by atoms with Crippen LogP contribution < -0.4 is 0 Å². The second-order valence-corrected chi connectivity index (χ2v) is 8.41. The van der Waals surface area contributed by atoms with Crippen LogP contribution in [-0.2, 0) is 21.1 Å². The molecule has 4 rings (SSSR count). The zero-order valence-corrected chi connectivity index (χ0v) is 14.9. The number of benzene rings is 1. The molecule has 25 heavy (non-hydrogen) atoms. The number of fused-ring (bicyclic) bond motifs is 1. The van der Waals surface area contributed by atoms with Crippen molar-refractivity contribution >= 4 is 27.3 Å². The molecule has 0 aliphatic carbocycles. The molecule has 132 valence electrons. The van der Waals surface area contributed by atoms with E-state index in [1.807, 2.05) is 0 Å². The minimum atomic E-state index is -3.46. The highest BCUT2D eigenvalue weighted by atomic mass is 35.5. The van der Waals surface area contributed by atoms with Crippen LogP contribution in [0.3, 0.4) is 0 Å². The molecule has 1 aromatic heterocycles. The van der Waals surface area contributed by atoms with Crippen molar-refractivity contribution < 1.29 is 17.9 Å². The Morgan fingerprint density at radius 2 is 1.80 bits per heavy atom. The van der Waals surface area contributed by atoms with Gasteiger partial charge in [0.2, 0.25) is 15.0 Å². The van der Waals surface area contributed by atoms with Gasteiger partial charge in [-0.25, -0.2) is 13.4 Å². The number of hydrogen-bond acceptors (Lipinski definition) is 5. The van der Waals surface area contributed by atoms with Crippen LogP contribution in [0.5, 0.6) is 0 Å². The van der Waals surface area contributed by atoms with E-state index in [9.17, 15) is 13.2 Å². The molecule has 7 nitrogen and oxygen atoms in total. The Kier molecular flexibility index (Phi) is 4.05. The second-order valence-electron chi connectivity index (χ2n) is 5.97. The first kappa shape index (κ1) is 16.6. The summed E-state index contributed by atoms with van der Waals surface area (Å²) in [5, 5.41) is 0.526. The van der Waals surface area contributed by atoms with Gasteiger partial charge in [0.15, 0.2) is 0 Å². The summed E-state index contributed by atoms with van der Waals surface area (Å²) < 4.78 is 31.3. The fourth-order valence-corrected chi connectivity index (χ4v) is 4.60. The molecule has 0 bridgehead atoms. The van der Waals surface area contributed by atoms with Crippen molar-refractivity contribution in [3.05, 3.63) is 35.0 Å². The van der Waals surface area contributed by atoms with Crippen molar-refractivity contribution in [2.45, 2.75) is 11.7 Å². The summed E-state index contributed by atoms with van der Waals surface area (Å²) >= 11 is 5.93. The van der Waals surface area contributed by atoms with Gasteiger partial charge >= 0.3 is 0 Å². The second kappa shape index (κ2) is 6.12. The van der Waals surface area contributed by atoms with E-state index in [2.05, 4.69) is 4.98 Å². The van der Waals surface area contributed by atoms with Crippen LogP contribution >= 0.6 is 11.6 Å². The third-order valence-corrected chi connectivity index (χ3v) is 6.25. The third-order valence-electron chi connectivity index (χ3n) is 4.41. The minimum absolute atomic E-state index is 0.0282. The Morgan fingerprint density at radius 1 is 1.12 bits per heavy atom. The molecule has 9 heteroatoms. The maximum absolute atomic E-state index is 13.1. The number of nitrogens with zero attached hydrogens (tertiary/aromatic N) is 3. The Labute approximate surface area is 150 Å². The summed E-state index contributed by atoms with van der Waals surface area (Å²) in [6, 6.07) is 6.86. The van der Waals surface area contributed by atoms with Gasteiger partial charge in [-0.05, 0) is 12.1 Å². The summed E-state index contributed by atoms with van der Waals surface area (Å²) in [4.78, 5) is 19.1. The summed E-state index contributed by atoms with van der Waals surface area (Å²) in [6.45, 7) is 2.14. The summed E-state index contributed by atoms with van der Waals surface area (Å²) in [5.41, 5.74) is 1.37. The summed E-state index contributed by atoms with van der Waals surface area (Å²) in [7, 11) is -3.46. The maximum atomic E-state index is 13.1. The van der Waals surface area contributed by atoms with E-state index in [1.165, 1.54) is 4.57 Å². The molecule has 1 amide bonds. The van der Waals surface area contributed by atoms with Crippen molar-refractivity contribution in [2.75, 3.05) is 32.1 Å². The van der Waals surface area contributed by atoms with Crippen LogP contribution in [0.25, 0.3) is 11.3 Å². The lowest BCUT2D eigenvalue weighted by molar-refractivity contribution is 0.0296. The van der Waals surface area contributed by atoms with E-state index in [0.717, 1.165) is 0 Å².